The molecule has 1 aromatic carbocycles. The lowest BCUT2D eigenvalue weighted by Gasteiger charge is -2.09. The van der Waals surface area contributed by atoms with Crippen molar-refractivity contribution in [2.45, 2.75) is 26.9 Å². The zero-order valence-electron chi connectivity index (χ0n) is 14.1. The maximum atomic E-state index is 13.3. The van der Waals surface area contributed by atoms with Crippen LogP contribution in [0.25, 0.3) is 0 Å². The Balaban J connectivity index is 1.84. The molecule has 1 N–H and O–H groups in total. The van der Waals surface area contributed by atoms with E-state index >= 15 is 0 Å². The van der Waals surface area contributed by atoms with Crippen LogP contribution >= 0.6 is 0 Å². The van der Waals surface area contributed by atoms with Gasteiger partial charge in [-0.1, -0.05) is 12.1 Å². The lowest BCUT2D eigenvalue weighted by molar-refractivity contribution is 0.0520. The second-order valence-electron chi connectivity index (χ2n) is 5.73. The number of carbonyl (C=O) groups excluding carboxylic acids is 1. The number of aromatic nitrogens is 4. The number of halogens is 3. The van der Waals surface area contributed by atoms with Gasteiger partial charge in [0.05, 0.1) is 23.6 Å². The number of benzene rings is 1. The van der Waals surface area contributed by atoms with Crippen LogP contribution in [0.2, 0.25) is 0 Å². The number of carbonyl (C=O) groups is 1. The van der Waals surface area contributed by atoms with Crippen LogP contribution in [-0.2, 0) is 6.54 Å². The lowest BCUT2D eigenvalue weighted by Crippen LogP contribution is -2.19. The molecule has 0 spiro atoms. The second kappa shape index (κ2) is 7.03. The standard InChI is InChI=1S/C17H16F3N5O/c1-10-15(22-16(26)14-6-7-21-25(14)17(19)20)11(2)24(23-10)9-12-4-3-5-13(18)8-12/h3-8,17H,9H2,1-2H3,(H,22,26). The Morgan fingerprint density at radius 2 is 2.04 bits per heavy atom. The maximum absolute atomic E-state index is 13.3. The average Bonchev–Trinajstić information content (AvgIpc) is 3.16. The SMILES string of the molecule is Cc1nn(Cc2cccc(F)c2)c(C)c1NC(=O)c1ccnn1C(F)F. The Hall–Kier alpha value is -3.10. The topological polar surface area (TPSA) is 64.7 Å². The molecule has 0 aliphatic heterocycles. The summed E-state index contributed by atoms with van der Waals surface area (Å²) in [5, 5.41) is 10.4. The molecule has 2 heterocycles. The molecular formula is C17H16F3N5O. The predicted molar refractivity (Wildman–Crippen MR) is 88.6 cm³/mol. The molecule has 0 saturated carbocycles. The van der Waals surface area contributed by atoms with Gasteiger partial charge in [-0.3, -0.25) is 9.48 Å². The van der Waals surface area contributed by atoms with Gasteiger partial charge < -0.3 is 5.32 Å². The van der Waals surface area contributed by atoms with Crippen LogP contribution in [0.1, 0.15) is 34.0 Å². The molecule has 0 atom stereocenters. The number of hydrogen-bond donors (Lipinski definition) is 1. The molecule has 2 aromatic heterocycles. The maximum Gasteiger partial charge on any atom is 0.333 e. The average molecular weight is 363 g/mol. The van der Waals surface area contributed by atoms with Crippen LogP contribution in [0.3, 0.4) is 0 Å². The Bertz CT molecular complexity index is 948. The van der Waals surface area contributed by atoms with Crippen molar-refractivity contribution in [1.82, 2.24) is 19.6 Å². The van der Waals surface area contributed by atoms with Crippen LogP contribution in [0.5, 0.6) is 0 Å². The van der Waals surface area contributed by atoms with Crippen molar-refractivity contribution in [1.29, 1.82) is 0 Å². The van der Waals surface area contributed by atoms with E-state index in [0.29, 0.717) is 33.9 Å². The third-order valence-electron chi connectivity index (χ3n) is 3.93. The normalized spacial score (nSPS) is 11.2. The van der Waals surface area contributed by atoms with Crippen molar-refractivity contribution >= 4 is 11.6 Å². The number of rotatable bonds is 5. The summed E-state index contributed by atoms with van der Waals surface area (Å²) in [6.07, 6.45) is 1.13. The summed E-state index contributed by atoms with van der Waals surface area (Å²) in [5.74, 6) is -1.06. The molecule has 0 fully saturated rings. The highest BCUT2D eigenvalue weighted by atomic mass is 19.3. The summed E-state index contributed by atoms with van der Waals surface area (Å²) >= 11 is 0. The third kappa shape index (κ3) is 3.46. The summed E-state index contributed by atoms with van der Waals surface area (Å²) in [7, 11) is 0. The first-order valence-electron chi connectivity index (χ1n) is 7.78. The molecule has 0 aliphatic carbocycles. The fourth-order valence-electron chi connectivity index (χ4n) is 2.67. The minimum atomic E-state index is -2.91. The summed E-state index contributed by atoms with van der Waals surface area (Å²) in [6.45, 7) is 0.826. The number of nitrogens with zero attached hydrogens (tertiary/aromatic N) is 4. The van der Waals surface area contributed by atoms with Gasteiger partial charge in [-0.25, -0.2) is 4.39 Å². The van der Waals surface area contributed by atoms with E-state index in [0.717, 1.165) is 6.20 Å². The highest BCUT2D eigenvalue weighted by Gasteiger charge is 2.21. The van der Waals surface area contributed by atoms with Gasteiger partial charge in [-0.2, -0.15) is 23.7 Å². The van der Waals surface area contributed by atoms with E-state index in [1.807, 2.05) is 0 Å². The first-order valence-corrected chi connectivity index (χ1v) is 7.78. The first kappa shape index (κ1) is 17.7. The number of alkyl halides is 2. The van der Waals surface area contributed by atoms with Crippen molar-refractivity contribution < 1.29 is 18.0 Å². The van der Waals surface area contributed by atoms with E-state index in [-0.39, 0.29) is 11.5 Å². The second-order valence-corrected chi connectivity index (χ2v) is 5.73. The van der Waals surface area contributed by atoms with Crippen LogP contribution in [-0.4, -0.2) is 25.5 Å². The van der Waals surface area contributed by atoms with Crippen LogP contribution in [0.4, 0.5) is 18.9 Å². The van der Waals surface area contributed by atoms with Crippen molar-refractivity contribution in [3.05, 3.63) is 65.0 Å². The Morgan fingerprint density at radius 3 is 2.73 bits per heavy atom. The molecular weight excluding hydrogens is 347 g/mol. The molecule has 9 heteroatoms. The number of anilines is 1. The Kier molecular flexibility index (Phi) is 4.79. The number of amides is 1. The van der Waals surface area contributed by atoms with Gasteiger partial charge >= 0.3 is 6.55 Å². The minimum absolute atomic E-state index is 0.253. The Labute approximate surface area is 147 Å². The molecule has 3 aromatic rings. The summed E-state index contributed by atoms with van der Waals surface area (Å²) < 4.78 is 41.0. The zero-order valence-corrected chi connectivity index (χ0v) is 14.1. The fraction of sp³-hybridized carbons (Fsp3) is 0.235. The molecule has 0 saturated heterocycles. The summed E-state index contributed by atoms with van der Waals surface area (Å²) in [5.41, 5.74) is 2.04. The van der Waals surface area contributed by atoms with Gasteiger partial charge in [-0.15, -0.1) is 0 Å². The van der Waals surface area contributed by atoms with E-state index in [4.69, 9.17) is 0 Å². The van der Waals surface area contributed by atoms with E-state index in [1.54, 1.807) is 30.7 Å². The van der Waals surface area contributed by atoms with Crippen molar-refractivity contribution in [3.63, 3.8) is 0 Å². The van der Waals surface area contributed by atoms with E-state index in [1.165, 1.54) is 18.2 Å². The molecule has 0 aliphatic rings. The highest BCUT2D eigenvalue weighted by Crippen LogP contribution is 2.22. The zero-order chi connectivity index (χ0) is 18.8. The predicted octanol–water partition coefficient (Wildman–Crippen LogP) is 3.53. The van der Waals surface area contributed by atoms with Crippen LogP contribution < -0.4 is 5.32 Å². The van der Waals surface area contributed by atoms with Gasteiger partial charge in [0, 0.05) is 6.20 Å². The smallest absolute Gasteiger partial charge is 0.317 e. The van der Waals surface area contributed by atoms with Gasteiger partial charge in [0.2, 0.25) is 0 Å². The minimum Gasteiger partial charge on any atom is -0.317 e. The Morgan fingerprint density at radius 1 is 1.27 bits per heavy atom. The van der Waals surface area contributed by atoms with Crippen LogP contribution in [0, 0.1) is 19.7 Å². The molecule has 0 radical (unpaired) electrons. The quantitative estimate of drug-likeness (QED) is 0.754. The molecule has 26 heavy (non-hydrogen) atoms. The van der Waals surface area contributed by atoms with Crippen LogP contribution in [0.15, 0.2) is 36.5 Å². The molecule has 3 rings (SSSR count). The van der Waals surface area contributed by atoms with Crippen molar-refractivity contribution in [2.24, 2.45) is 0 Å². The monoisotopic (exact) mass is 363 g/mol. The number of aryl methyl sites for hydroxylation is 1. The van der Waals surface area contributed by atoms with Gasteiger partial charge in [0.1, 0.15) is 11.5 Å². The molecule has 0 unspecified atom stereocenters. The van der Waals surface area contributed by atoms with Gasteiger partial charge in [0.15, 0.2) is 0 Å². The van der Waals surface area contributed by atoms with E-state index in [2.05, 4.69) is 15.5 Å². The lowest BCUT2D eigenvalue weighted by atomic mass is 10.2. The van der Waals surface area contributed by atoms with E-state index < -0.39 is 12.5 Å². The molecule has 1 amide bonds. The highest BCUT2D eigenvalue weighted by molar-refractivity contribution is 6.03. The number of nitrogens with one attached hydrogen (secondary N) is 1. The number of hydrogen-bond acceptors (Lipinski definition) is 3. The van der Waals surface area contributed by atoms with Gasteiger partial charge in [0.25, 0.3) is 5.91 Å². The molecule has 136 valence electrons. The van der Waals surface area contributed by atoms with Crippen molar-refractivity contribution in [2.75, 3.05) is 5.32 Å². The summed E-state index contributed by atoms with van der Waals surface area (Å²) in [6, 6.07) is 7.32. The third-order valence-corrected chi connectivity index (χ3v) is 3.93. The largest absolute Gasteiger partial charge is 0.333 e. The van der Waals surface area contributed by atoms with Gasteiger partial charge in [-0.05, 0) is 37.6 Å². The van der Waals surface area contributed by atoms with E-state index in [9.17, 15) is 18.0 Å². The fourth-order valence-corrected chi connectivity index (χ4v) is 2.67. The summed E-state index contributed by atoms with van der Waals surface area (Å²) in [4.78, 5) is 12.3. The molecule has 0 bridgehead atoms. The first-order chi connectivity index (χ1) is 12.4. The van der Waals surface area contributed by atoms with Crippen molar-refractivity contribution in [3.8, 4) is 0 Å². The molecule has 6 nitrogen and oxygen atoms in total.